The number of carbonyl (C=O) groups is 1. The lowest BCUT2D eigenvalue weighted by Gasteiger charge is -2.18. The highest BCUT2D eigenvalue weighted by Crippen LogP contribution is 2.29. The van der Waals surface area contributed by atoms with Gasteiger partial charge in [-0.25, -0.2) is 8.78 Å². The van der Waals surface area contributed by atoms with Gasteiger partial charge in [0.25, 0.3) is 0 Å². The molecule has 0 radical (unpaired) electrons. The van der Waals surface area contributed by atoms with Gasteiger partial charge in [0.05, 0.1) is 23.7 Å². The van der Waals surface area contributed by atoms with Crippen LogP contribution in [0.25, 0.3) is 0 Å². The van der Waals surface area contributed by atoms with Crippen molar-refractivity contribution in [2.75, 3.05) is 23.3 Å². The number of benzene rings is 1. The van der Waals surface area contributed by atoms with Gasteiger partial charge >= 0.3 is 0 Å². The van der Waals surface area contributed by atoms with E-state index in [1.54, 1.807) is 13.2 Å². The topological polar surface area (TPSA) is 76.2 Å². The molecule has 1 fully saturated rings. The van der Waals surface area contributed by atoms with E-state index in [2.05, 4.69) is 20.4 Å². The molecule has 1 amide bonds. The van der Waals surface area contributed by atoms with E-state index < -0.39 is 22.8 Å². The molecular formula is C20H21F2N5O2S. The van der Waals surface area contributed by atoms with Crippen molar-refractivity contribution in [2.24, 2.45) is 0 Å². The molecule has 0 bridgehead atoms. The molecule has 1 saturated heterocycles. The summed E-state index contributed by atoms with van der Waals surface area (Å²) >= 11 is 1.20. The van der Waals surface area contributed by atoms with Crippen molar-refractivity contribution in [3.05, 3.63) is 54.0 Å². The van der Waals surface area contributed by atoms with Gasteiger partial charge in [-0.15, -0.1) is 10.2 Å². The summed E-state index contributed by atoms with van der Waals surface area (Å²) in [6.07, 6.45) is 3.79. The second kappa shape index (κ2) is 8.86. The number of halogens is 2. The minimum Gasteiger partial charge on any atom is -0.467 e. The molecule has 1 atom stereocenters. The van der Waals surface area contributed by atoms with Crippen LogP contribution in [-0.2, 0) is 11.3 Å². The van der Waals surface area contributed by atoms with Gasteiger partial charge in [-0.1, -0.05) is 11.8 Å². The Morgan fingerprint density at radius 3 is 2.80 bits per heavy atom. The van der Waals surface area contributed by atoms with Gasteiger partial charge in [0.2, 0.25) is 11.9 Å². The van der Waals surface area contributed by atoms with Crippen molar-refractivity contribution < 1.29 is 18.0 Å². The Hall–Kier alpha value is -2.88. The van der Waals surface area contributed by atoms with Crippen molar-refractivity contribution >= 4 is 29.3 Å². The van der Waals surface area contributed by atoms with Crippen LogP contribution in [0.4, 0.5) is 20.4 Å². The maximum atomic E-state index is 13.8. The summed E-state index contributed by atoms with van der Waals surface area (Å²) in [4.78, 5) is 14.7. The first-order chi connectivity index (χ1) is 14.5. The molecule has 10 heteroatoms. The summed E-state index contributed by atoms with van der Waals surface area (Å²) < 4.78 is 34.6. The minimum absolute atomic E-state index is 0.192. The highest BCUT2D eigenvalue weighted by atomic mass is 32.2. The first-order valence-corrected chi connectivity index (χ1v) is 10.5. The van der Waals surface area contributed by atoms with Crippen LogP contribution in [0.3, 0.4) is 0 Å². The molecule has 1 aromatic carbocycles. The van der Waals surface area contributed by atoms with Crippen molar-refractivity contribution in [3.63, 3.8) is 0 Å². The molecule has 2 aromatic heterocycles. The fourth-order valence-corrected chi connectivity index (χ4v) is 4.10. The lowest BCUT2D eigenvalue weighted by molar-refractivity contribution is -0.115. The molecule has 158 valence electrons. The zero-order valence-electron chi connectivity index (χ0n) is 16.3. The number of nitrogens with one attached hydrogen (secondary N) is 1. The van der Waals surface area contributed by atoms with Crippen molar-refractivity contribution in [1.29, 1.82) is 0 Å². The normalized spacial score (nSPS) is 14.8. The summed E-state index contributed by atoms with van der Waals surface area (Å²) in [7, 11) is 0. The average Bonchev–Trinajstić information content (AvgIpc) is 3.48. The molecule has 3 heterocycles. The van der Waals surface area contributed by atoms with Crippen molar-refractivity contribution in [1.82, 2.24) is 14.8 Å². The molecule has 4 rings (SSSR count). The second-order valence-electron chi connectivity index (χ2n) is 7.02. The lowest BCUT2D eigenvalue weighted by Crippen LogP contribution is -2.24. The fourth-order valence-electron chi connectivity index (χ4n) is 3.26. The number of amides is 1. The van der Waals surface area contributed by atoms with Gasteiger partial charge < -0.3 is 14.6 Å². The molecule has 0 aliphatic carbocycles. The van der Waals surface area contributed by atoms with Crippen LogP contribution < -0.4 is 10.2 Å². The Morgan fingerprint density at radius 1 is 1.27 bits per heavy atom. The third-order valence-corrected chi connectivity index (χ3v) is 5.90. The Kier molecular flexibility index (Phi) is 6.03. The number of furan rings is 1. The van der Waals surface area contributed by atoms with Gasteiger partial charge in [0.1, 0.15) is 17.4 Å². The predicted octanol–water partition coefficient (Wildman–Crippen LogP) is 3.92. The molecular weight excluding hydrogens is 412 g/mol. The number of hydrogen-bond donors (Lipinski definition) is 1. The summed E-state index contributed by atoms with van der Waals surface area (Å²) in [5.41, 5.74) is -0.192. The number of anilines is 2. The number of rotatable bonds is 7. The van der Waals surface area contributed by atoms with E-state index in [9.17, 15) is 13.6 Å². The van der Waals surface area contributed by atoms with Crippen molar-refractivity contribution in [2.45, 2.75) is 36.7 Å². The summed E-state index contributed by atoms with van der Waals surface area (Å²) in [6, 6.07) is 6.61. The summed E-state index contributed by atoms with van der Waals surface area (Å²) in [5.74, 6) is -0.300. The molecule has 3 aromatic rings. The first kappa shape index (κ1) is 20.4. The summed E-state index contributed by atoms with van der Waals surface area (Å²) in [6.45, 7) is 3.91. The highest BCUT2D eigenvalue weighted by Gasteiger charge is 2.25. The van der Waals surface area contributed by atoms with E-state index in [4.69, 9.17) is 4.42 Å². The van der Waals surface area contributed by atoms with E-state index in [0.717, 1.165) is 55.8 Å². The standard InChI is InChI=1S/C20H21F2N5O2S/c1-13(18(28)23-17-11-14(21)6-7-16(17)22)30-20-25-24-19(26-8-2-3-9-26)27(20)12-15-5-4-10-29-15/h4-7,10-11,13H,2-3,8-9,12H2,1H3,(H,23,28). The van der Waals surface area contributed by atoms with E-state index in [0.29, 0.717) is 11.7 Å². The molecule has 1 aliphatic heterocycles. The van der Waals surface area contributed by atoms with Gasteiger partial charge in [0, 0.05) is 19.2 Å². The number of aromatic nitrogens is 3. The molecule has 7 nitrogen and oxygen atoms in total. The van der Waals surface area contributed by atoms with E-state index >= 15 is 0 Å². The maximum Gasteiger partial charge on any atom is 0.237 e. The Bertz CT molecular complexity index is 1020. The van der Waals surface area contributed by atoms with Crippen LogP contribution in [0.2, 0.25) is 0 Å². The molecule has 1 unspecified atom stereocenters. The van der Waals surface area contributed by atoms with Crippen LogP contribution in [0.15, 0.2) is 46.2 Å². The second-order valence-corrected chi connectivity index (χ2v) is 8.32. The Morgan fingerprint density at radius 2 is 2.07 bits per heavy atom. The minimum atomic E-state index is -0.695. The van der Waals surface area contributed by atoms with Gasteiger partial charge in [0.15, 0.2) is 5.16 Å². The molecule has 0 saturated carbocycles. The van der Waals surface area contributed by atoms with Gasteiger partial charge in [-0.3, -0.25) is 9.36 Å². The zero-order chi connectivity index (χ0) is 21.1. The van der Waals surface area contributed by atoms with Crippen LogP contribution in [-0.4, -0.2) is 39.0 Å². The smallest absolute Gasteiger partial charge is 0.237 e. The van der Waals surface area contributed by atoms with Crippen molar-refractivity contribution in [3.8, 4) is 0 Å². The van der Waals surface area contributed by atoms with E-state index in [-0.39, 0.29) is 5.69 Å². The molecule has 1 N–H and O–H groups in total. The van der Waals surface area contributed by atoms with Crippen LogP contribution in [0.1, 0.15) is 25.5 Å². The Labute approximate surface area is 176 Å². The van der Waals surface area contributed by atoms with Gasteiger partial charge in [-0.05, 0) is 44.0 Å². The number of hydrogen-bond acceptors (Lipinski definition) is 6. The number of nitrogens with zero attached hydrogens (tertiary/aromatic N) is 4. The quantitative estimate of drug-likeness (QED) is 0.570. The lowest BCUT2D eigenvalue weighted by atomic mass is 10.3. The van der Waals surface area contributed by atoms with Crippen LogP contribution >= 0.6 is 11.8 Å². The SMILES string of the molecule is CC(Sc1nnc(N2CCCC2)n1Cc1ccco1)C(=O)Nc1cc(F)ccc1F. The fraction of sp³-hybridized carbons (Fsp3) is 0.350. The van der Waals surface area contributed by atoms with E-state index in [1.165, 1.54) is 11.8 Å². The number of carbonyl (C=O) groups excluding carboxylic acids is 1. The molecule has 0 spiro atoms. The first-order valence-electron chi connectivity index (χ1n) is 9.64. The van der Waals surface area contributed by atoms with Gasteiger partial charge in [-0.2, -0.15) is 0 Å². The zero-order valence-corrected chi connectivity index (χ0v) is 17.2. The molecule has 30 heavy (non-hydrogen) atoms. The monoisotopic (exact) mass is 433 g/mol. The largest absolute Gasteiger partial charge is 0.467 e. The third-order valence-electron chi connectivity index (χ3n) is 4.82. The predicted molar refractivity (Wildman–Crippen MR) is 110 cm³/mol. The summed E-state index contributed by atoms with van der Waals surface area (Å²) in [5, 5.41) is 11.0. The average molecular weight is 433 g/mol. The Balaban J connectivity index is 1.52. The maximum absolute atomic E-state index is 13.8. The number of thioether (sulfide) groups is 1. The van der Waals surface area contributed by atoms with Crippen LogP contribution in [0, 0.1) is 11.6 Å². The van der Waals surface area contributed by atoms with E-state index in [1.807, 2.05) is 16.7 Å². The third kappa shape index (κ3) is 4.48. The highest BCUT2D eigenvalue weighted by molar-refractivity contribution is 8.00. The van der Waals surface area contributed by atoms with Crippen LogP contribution in [0.5, 0.6) is 0 Å². The molecule has 1 aliphatic rings.